The van der Waals surface area contributed by atoms with E-state index in [2.05, 4.69) is 15.3 Å². The van der Waals surface area contributed by atoms with Crippen LogP contribution in [-0.4, -0.2) is 53.6 Å². The van der Waals surface area contributed by atoms with Gasteiger partial charge in [0.25, 0.3) is 0 Å². The van der Waals surface area contributed by atoms with Crippen molar-refractivity contribution in [2.75, 3.05) is 26.3 Å². The Morgan fingerprint density at radius 3 is 2.41 bits per heavy atom. The molecule has 2 N–H and O–H groups in total. The van der Waals surface area contributed by atoms with E-state index in [-0.39, 0.29) is 0 Å². The Hall–Kier alpha value is -1.79. The number of aromatic nitrogens is 2. The second-order valence-electron chi connectivity index (χ2n) is 7.76. The second kappa shape index (κ2) is 15.1. The third-order valence-electron chi connectivity index (χ3n) is 5.33. The van der Waals surface area contributed by atoms with Crippen LogP contribution in [0.15, 0.2) is 6.33 Å². The van der Waals surface area contributed by atoms with Crippen molar-refractivity contribution in [2.24, 2.45) is 0 Å². The van der Waals surface area contributed by atoms with E-state index in [1.54, 1.807) is 12.4 Å². The molecule has 0 aromatic carbocycles. The summed E-state index contributed by atoms with van der Waals surface area (Å²) in [6.45, 7) is 9.25. The predicted molar refractivity (Wildman–Crippen MR) is 129 cm³/mol. The minimum atomic E-state index is -0.810. The van der Waals surface area contributed by atoms with Crippen LogP contribution in [0.3, 0.4) is 0 Å². The highest BCUT2D eigenvalue weighted by Crippen LogP contribution is 2.40. The van der Waals surface area contributed by atoms with Crippen LogP contribution >= 0.6 is 11.3 Å². The summed E-state index contributed by atoms with van der Waals surface area (Å²) in [5.41, 5.74) is 1.46. The van der Waals surface area contributed by atoms with E-state index in [1.165, 1.54) is 74.1 Å². The Bertz CT molecular complexity index is 813. The van der Waals surface area contributed by atoms with Crippen LogP contribution in [0.25, 0.3) is 10.2 Å². The third kappa shape index (κ3) is 8.28. The van der Waals surface area contributed by atoms with Gasteiger partial charge in [0.1, 0.15) is 23.4 Å². The molecule has 8 heteroatoms. The van der Waals surface area contributed by atoms with Gasteiger partial charge in [-0.1, -0.05) is 20.3 Å². The molecule has 0 spiro atoms. The molecule has 1 atom stereocenters. The first-order chi connectivity index (χ1) is 15.7. The third-order valence-corrected chi connectivity index (χ3v) is 6.53. The van der Waals surface area contributed by atoms with Gasteiger partial charge in [-0.3, -0.25) is 0 Å². The number of aliphatic hydroxyl groups is 1. The summed E-state index contributed by atoms with van der Waals surface area (Å²) in [5, 5.41) is 20.0. The highest BCUT2D eigenvalue weighted by molar-refractivity contribution is 7.18. The number of hydrogen-bond acceptors (Lipinski definition) is 8. The smallest absolute Gasteiger partial charge is 0.225 e. The van der Waals surface area contributed by atoms with Gasteiger partial charge in [0, 0.05) is 18.0 Å². The van der Waals surface area contributed by atoms with Crippen LogP contribution in [-0.2, 0) is 17.6 Å². The average molecular weight is 463 g/mol. The van der Waals surface area contributed by atoms with Crippen molar-refractivity contribution in [2.45, 2.75) is 84.3 Å². The van der Waals surface area contributed by atoms with Gasteiger partial charge < -0.3 is 19.9 Å². The van der Waals surface area contributed by atoms with Crippen molar-refractivity contribution in [3.8, 4) is 11.9 Å². The zero-order valence-corrected chi connectivity index (χ0v) is 20.5. The van der Waals surface area contributed by atoms with E-state index in [0.29, 0.717) is 6.10 Å². The van der Waals surface area contributed by atoms with Crippen molar-refractivity contribution in [1.29, 1.82) is 5.26 Å². The van der Waals surface area contributed by atoms with E-state index in [9.17, 15) is 0 Å². The van der Waals surface area contributed by atoms with E-state index < -0.39 is 6.10 Å². The predicted octanol–water partition coefficient (Wildman–Crippen LogP) is 4.41. The zero-order chi connectivity index (χ0) is 23.2. The van der Waals surface area contributed by atoms with E-state index in [4.69, 9.17) is 19.8 Å². The van der Waals surface area contributed by atoms with Gasteiger partial charge in [-0.25, -0.2) is 9.97 Å². The number of aliphatic hydroxyl groups excluding tert-OH is 1. The highest BCUT2D eigenvalue weighted by atomic mass is 32.1. The van der Waals surface area contributed by atoms with Crippen molar-refractivity contribution in [1.82, 2.24) is 15.3 Å². The Labute approximate surface area is 196 Å². The van der Waals surface area contributed by atoms with Crippen molar-refractivity contribution >= 4 is 21.6 Å². The summed E-state index contributed by atoms with van der Waals surface area (Å²) < 4.78 is 11.2. The van der Waals surface area contributed by atoms with Gasteiger partial charge in [0.2, 0.25) is 5.88 Å². The minimum absolute atomic E-state index is 0.365. The topological polar surface area (TPSA) is 100 Å². The van der Waals surface area contributed by atoms with Gasteiger partial charge >= 0.3 is 0 Å². The molecule has 0 bridgehead atoms. The first kappa shape index (κ1) is 26.5. The van der Waals surface area contributed by atoms with Gasteiger partial charge in [-0.05, 0) is 57.4 Å². The van der Waals surface area contributed by atoms with Crippen LogP contribution in [0.2, 0.25) is 0 Å². The Morgan fingerprint density at radius 1 is 1.16 bits per heavy atom. The molecule has 2 fully saturated rings. The lowest BCUT2D eigenvalue weighted by Gasteiger charge is -2.22. The number of rotatable bonds is 2. The molecule has 2 aromatic rings. The molecule has 32 heavy (non-hydrogen) atoms. The molecule has 1 saturated carbocycles. The fourth-order valence-electron chi connectivity index (χ4n) is 3.85. The Morgan fingerprint density at radius 2 is 1.84 bits per heavy atom. The molecule has 7 nitrogen and oxygen atoms in total. The van der Waals surface area contributed by atoms with E-state index in [1.807, 2.05) is 25.2 Å². The van der Waals surface area contributed by atoms with E-state index in [0.717, 1.165) is 37.0 Å². The maximum Gasteiger partial charge on any atom is 0.225 e. The van der Waals surface area contributed by atoms with Crippen molar-refractivity contribution < 1.29 is 14.6 Å². The van der Waals surface area contributed by atoms with Gasteiger partial charge in [-0.2, -0.15) is 5.26 Å². The molecule has 3 heterocycles. The van der Waals surface area contributed by atoms with Crippen molar-refractivity contribution in [3.05, 3.63) is 16.8 Å². The first-order valence-corrected chi connectivity index (χ1v) is 12.8. The van der Waals surface area contributed by atoms with Crippen molar-refractivity contribution in [3.63, 3.8) is 0 Å². The summed E-state index contributed by atoms with van der Waals surface area (Å²) in [5.74, 6) is 0.844. The van der Waals surface area contributed by atoms with E-state index >= 15 is 0 Å². The lowest BCUT2D eigenvalue weighted by atomic mass is 9.98. The molecule has 3 aliphatic rings. The highest BCUT2D eigenvalue weighted by Gasteiger charge is 2.24. The van der Waals surface area contributed by atoms with Crippen LogP contribution in [0.5, 0.6) is 5.88 Å². The number of aryl methyl sites for hydroxylation is 2. The normalized spacial score (nSPS) is 18.5. The summed E-state index contributed by atoms with van der Waals surface area (Å²) >= 11 is 1.83. The number of hydrogen-bond donors (Lipinski definition) is 2. The first-order valence-electron chi connectivity index (χ1n) is 12.0. The Kier molecular flexibility index (Phi) is 12.5. The lowest BCUT2D eigenvalue weighted by molar-refractivity contribution is 0.109. The monoisotopic (exact) mass is 462 g/mol. The fourth-order valence-corrected chi connectivity index (χ4v) is 5.07. The molecule has 178 valence electrons. The summed E-state index contributed by atoms with van der Waals surface area (Å²) in [6, 6.07) is 1.58. The number of fused-ring (bicyclic) bond motifs is 3. The SMILES string of the molecule is C1COCCN1.CC.CC(O)C#N.c1nc(OC2CCCCC2)c2c3c(sc2n1)CCC3. The summed E-state index contributed by atoms with van der Waals surface area (Å²) in [7, 11) is 0. The van der Waals surface area contributed by atoms with Gasteiger partial charge in [0.05, 0.1) is 24.7 Å². The number of ether oxygens (including phenoxy) is 2. The number of nitrogens with one attached hydrogen (secondary N) is 1. The Balaban J connectivity index is 0.000000232. The van der Waals surface area contributed by atoms with Gasteiger partial charge in [-0.15, -0.1) is 11.3 Å². The summed E-state index contributed by atoms with van der Waals surface area (Å²) in [6.07, 6.45) is 11.2. The number of nitriles is 1. The molecule has 0 amide bonds. The minimum Gasteiger partial charge on any atom is -0.474 e. The molecule has 2 aromatic heterocycles. The molecule has 1 aliphatic heterocycles. The maximum absolute atomic E-state index is 8.00. The molecule has 5 rings (SSSR count). The molecule has 2 aliphatic carbocycles. The number of morpholine rings is 1. The molecule has 1 unspecified atom stereocenters. The number of nitrogens with zero attached hydrogens (tertiary/aromatic N) is 3. The maximum atomic E-state index is 8.00. The molecule has 1 saturated heterocycles. The molecule has 0 radical (unpaired) electrons. The fraction of sp³-hybridized carbons (Fsp3) is 0.708. The summed E-state index contributed by atoms with van der Waals surface area (Å²) in [4.78, 5) is 11.5. The van der Waals surface area contributed by atoms with Crippen LogP contribution < -0.4 is 10.1 Å². The van der Waals surface area contributed by atoms with Crippen LogP contribution in [0, 0.1) is 11.3 Å². The second-order valence-corrected chi connectivity index (χ2v) is 8.85. The molecular weight excluding hydrogens is 424 g/mol. The van der Waals surface area contributed by atoms with Gasteiger partial charge in [0.15, 0.2) is 0 Å². The quantitative estimate of drug-likeness (QED) is 0.637. The average Bonchev–Trinajstić information content (AvgIpc) is 3.45. The molecular formula is C24H38N4O3S. The van der Waals surface area contributed by atoms with Crippen LogP contribution in [0.1, 0.15) is 69.7 Å². The number of thiophene rings is 1. The lowest BCUT2D eigenvalue weighted by Crippen LogP contribution is -2.30. The zero-order valence-electron chi connectivity index (χ0n) is 19.7. The largest absolute Gasteiger partial charge is 0.474 e. The van der Waals surface area contributed by atoms with Crippen LogP contribution in [0.4, 0.5) is 0 Å². The standard InChI is InChI=1S/C15H18N2OS.C4H9NO.C3H5NO.C2H6/c1-2-5-10(6-3-1)18-14-13-11-7-4-8-12(11)19-15(13)17-9-16-14;1-3-6-4-2-5-1;1-3(5)2-4;1-2/h9-10H,1-8H2;5H,1-4H2;3,5H,1H3;1-2H3.